The molecule has 3 nitrogen and oxygen atoms in total. The first-order chi connectivity index (χ1) is 9.47. The molecule has 2 N–H and O–H groups in total. The van der Waals surface area contributed by atoms with Gasteiger partial charge in [-0.2, -0.15) is 0 Å². The average Bonchev–Trinajstić information content (AvgIpc) is 2.38. The number of nitrogens with two attached hydrogens (primary N) is 1. The fourth-order valence-electron chi connectivity index (χ4n) is 3.37. The molecule has 0 aromatic carbocycles. The molecule has 1 saturated carbocycles. The van der Waals surface area contributed by atoms with E-state index in [9.17, 15) is 0 Å². The van der Waals surface area contributed by atoms with Gasteiger partial charge in [-0.15, -0.1) is 0 Å². The van der Waals surface area contributed by atoms with Gasteiger partial charge in [0, 0.05) is 24.3 Å². The van der Waals surface area contributed by atoms with Crippen LogP contribution in [0.3, 0.4) is 0 Å². The molecular formula is C17H29N3. The van der Waals surface area contributed by atoms with Gasteiger partial charge in [0.05, 0.1) is 5.69 Å². The van der Waals surface area contributed by atoms with Crippen molar-refractivity contribution in [2.24, 2.45) is 17.6 Å². The zero-order valence-electron chi connectivity index (χ0n) is 13.3. The molecule has 3 heteroatoms. The topological polar surface area (TPSA) is 42.1 Å². The van der Waals surface area contributed by atoms with Gasteiger partial charge < -0.3 is 5.73 Å². The molecule has 1 heterocycles. The summed E-state index contributed by atoms with van der Waals surface area (Å²) < 4.78 is 0. The van der Waals surface area contributed by atoms with Crippen LogP contribution in [0, 0.1) is 18.8 Å². The lowest BCUT2D eigenvalue weighted by Crippen LogP contribution is -2.50. The third-order valence-electron chi connectivity index (χ3n) is 4.78. The highest BCUT2D eigenvalue weighted by Crippen LogP contribution is 2.32. The summed E-state index contributed by atoms with van der Waals surface area (Å²) in [7, 11) is 2.19. The summed E-state index contributed by atoms with van der Waals surface area (Å²) >= 11 is 0. The summed E-state index contributed by atoms with van der Waals surface area (Å²) in [6.07, 6.45) is 3.66. The van der Waals surface area contributed by atoms with Gasteiger partial charge in [-0.05, 0) is 57.2 Å². The molecule has 112 valence electrons. The van der Waals surface area contributed by atoms with Crippen molar-refractivity contribution in [1.29, 1.82) is 0 Å². The Morgan fingerprint density at radius 3 is 2.75 bits per heavy atom. The van der Waals surface area contributed by atoms with Crippen LogP contribution in [0.4, 0.5) is 0 Å². The number of hydrogen-bond acceptors (Lipinski definition) is 3. The van der Waals surface area contributed by atoms with Crippen LogP contribution in [-0.4, -0.2) is 29.0 Å². The van der Waals surface area contributed by atoms with Crippen molar-refractivity contribution < 1.29 is 0 Å². The van der Waals surface area contributed by atoms with Crippen molar-refractivity contribution in [2.45, 2.75) is 58.7 Å². The lowest BCUT2D eigenvalue weighted by atomic mass is 9.76. The van der Waals surface area contributed by atoms with Crippen LogP contribution < -0.4 is 5.73 Å². The van der Waals surface area contributed by atoms with Crippen LogP contribution >= 0.6 is 0 Å². The fourth-order valence-corrected chi connectivity index (χ4v) is 3.37. The van der Waals surface area contributed by atoms with Gasteiger partial charge in [0.2, 0.25) is 0 Å². The standard InChI is InChI=1S/C17H29N3/c1-12(2)14-8-9-16(18)17(10-14)20(4)11-15-7-5-6-13(3)19-15/h5-7,12,14,16-17H,8-11,18H2,1-4H3. The molecular weight excluding hydrogens is 246 g/mol. The van der Waals surface area contributed by atoms with E-state index in [4.69, 9.17) is 5.73 Å². The molecule has 3 unspecified atom stereocenters. The van der Waals surface area contributed by atoms with Gasteiger partial charge in [0.25, 0.3) is 0 Å². The smallest absolute Gasteiger partial charge is 0.0547 e. The monoisotopic (exact) mass is 275 g/mol. The van der Waals surface area contributed by atoms with E-state index in [2.05, 4.69) is 42.9 Å². The van der Waals surface area contributed by atoms with Crippen molar-refractivity contribution in [1.82, 2.24) is 9.88 Å². The van der Waals surface area contributed by atoms with Crippen LogP contribution in [0.15, 0.2) is 18.2 Å². The minimum absolute atomic E-state index is 0.305. The number of rotatable bonds is 4. The second-order valence-electron chi connectivity index (χ2n) is 6.73. The van der Waals surface area contributed by atoms with Crippen molar-refractivity contribution >= 4 is 0 Å². The molecule has 0 amide bonds. The maximum Gasteiger partial charge on any atom is 0.0547 e. The Morgan fingerprint density at radius 2 is 2.10 bits per heavy atom. The summed E-state index contributed by atoms with van der Waals surface area (Å²) in [5.74, 6) is 1.57. The average molecular weight is 275 g/mol. The Balaban J connectivity index is 2.01. The summed E-state index contributed by atoms with van der Waals surface area (Å²) in [6, 6.07) is 7.03. The van der Waals surface area contributed by atoms with Gasteiger partial charge in [0.1, 0.15) is 0 Å². The van der Waals surface area contributed by atoms with E-state index in [1.165, 1.54) is 12.8 Å². The molecule has 0 bridgehead atoms. The van der Waals surface area contributed by atoms with Crippen LogP contribution in [0.1, 0.15) is 44.5 Å². The first-order valence-electron chi connectivity index (χ1n) is 7.85. The molecule has 1 aliphatic carbocycles. The van der Waals surface area contributed by atoms with Crippen molar-refractivity contribution in [2.75, 3.05) is 7.05 Å². The highest BCUT2D eigenvalue weighted by molar-refractivity contribution is 5.10. The molecule has 1 fully saturated rings. The number of likely N-dealkylation sites (N-methyl/N-ethyl adjacent to an activating group) is 1. The summed E-state index contributed by atoms with van der Waals surface area (Å²) in [5.41, 5.74) is 8.60. The van der Waals surface area contributed by atoms with Crippen LogP contribution in [0.2, 0.25) is 0 Å². The number of nitrogens with zero attached hydrogens (tertiary/aromatic N) is 2. The molecule has 0 spiro atoms. The normalized spacial score (nSPS) is 27.2. The van der Waals surface area contributed by atoms with Gasteiger partial charge >= 0.3 is 0 Å². The van der Waals surface area contributed by atoms with E-state index in [0.29, 0.717) is 12.1 Å². The van der Waals surface area contributed by atoms with Crippen molar-refractivity contribution in [3.05, 3.63) is 29.6 Å². The maximum absolute atomic E-state index is 6.36. The lowest BCUT2D eigenvalue weighted by Gasteiger charge is -2.40. The largest absolute Gasteiger partial charge is 0.326 e. The molecule has 20 heavy (non-hydrogen) atoms. The molecule has 0 radical (unpaired) electrons. The molecule has 1 aromatic rings. The van der Waals surface area contributed by atoms with E-state index in [0.717, 1.165) is 36.2 Å². The minimum atomic E-state index is 0.305. The van der Waals surface area contributed by atoms with Crippen LogP contribution in [0.25, 0.3) is 0 Å². The third-order valence-corrected chi connectivity index (χ3v) is 4.78. The van der Waals surface area contributed by atoms with E-state index in [1.54, 1.807) is 0 Å². The zero-order valence-corrected chi connectivity index (χ0v) is 13.3. The van der Waals surface area contributed by atoms with Crippen LogP contribution in [-0.2, 0) is 6.54 Å². The Kier molecular flexibility index (Phi) is 5.17. The van der Waals surface area contributed by atoms with Gasteiger partial charge in [-0.1, -0.05) is 19.9 Å². The lowest BCUT2D eigenvalue weighted by molar-refractivity contribution is 0.112. The van der Waals surface area contributed by atoms with Gasteiger partial charge in [-0.3, -0.25) is 9.88 Å². The minimum Gasteiger partial charge on any atom is -0.326 e. The maximum atomic E-state index is 6.36. The molecule has 0 aliphatic heterocycles. The number of pyridine rings is 1. The second kappa shape index (κ2) is 6.68. The zero-order chi connectivity index (χ0) is 14.7. The van der Waals surface area contributed by atoms with E-state index in [1.807, 2.05) is 13.0 Å². The Bertz CT molecular complexity index is 430. The predicted octanol–water partition coefficient (Wildman–Crippen LogP) is 2.97. The first-order valence-corrected chi connectivity index (χ1v) is 7.85. The van der Waals surface area contributed by atoms with Crippen molar-refractivity contribution in [3.8, 4) is 0 Å². The highest BCUT2D eigenvalue weighted by Gasteiger charge is 2.32. The summed E-state index contributed by atoms with van der Waals surface area (Å²) in [6.45, 7) is 7.61. The quantitative estimate of drug-likeness (QED) is 0.918. The number of aryl methyl sites for hydroxylation is 1. The second-order valence-corrected chi connectivity index (χ2v) is 6.73. The van der Waals surface area contributed by atoms with E-state index >= 15 is 0 Å². The van der Waals surface area contributed by atoms with Crippen LogP contribution in [0.5, 0.6) is 0 Å². The fraction of sp³-hybridized carbons (Fsp3) is 0.706. The number of aromatic nitrogens is 1. The summed E-state index contributed by atoms with van der Waals surface area (Å²) in [5, 5.41) is 0. The first kappa shape index (κ1) is 15.5. The SMILES string of the molecule is Cc1cccc(CN(C)C2CC(C(C)C)CCC2N)n1. The molecule has 1 aromatic heterocycles. The molecule has 0 saturated heterocycles. The number of hydrogen-bond donors (Lipinski definition) is 1. The van der Waals surface area contributed by atoms with Gasteiger partial charge in [-0.25, -0.2) is 0 Å². The van der Waals surface area contributed by atoms with Crippen molar-refractivity contribution in [3.63, 3.8) is 0 Å². The molecule has 3 atom stereocenters. The Labute approximate surface area is 123 Å². The Morgan fingerprint density at radius 1 is 1.35 bits per heavy atom. The molecule has 2 rings (SSSR count). The van der Waals surface area contributed by atoms with Gasteiger partial charge in [0.15, 0.2) is 0 Å². The summed E-state index contributed by atoms with van der Waals surface area (Å²) in [4.78, 5) is 7.01. The third kappa shape index (κ3) is 3.80. The molecule has 1 aliphatic rings. The Hall–Kier alpha value is -0.930. The predicted molar refractivity (Wildman–Crippen MR) is 84.4 cm³/mol. The highest BCUT2D eigenvalue weighted by atomic mass is 15.2. The van der Waals surface area contributed by atoms with E-state index < -0.39 is 0 Å². The van der Waals surface area contributed by atoms with E-state index in [-0.39, 0.29) is 0 Å².